The Morgan fingerprint density at radius 2 is 1.68 bits per heavy atom. The molecule has 0 spiro atoms. The van der Waals surface area contributed by atoms with Crippen molar-refractivity contribution in [3.8, 4) is 0 Å². The van der Waals surface area contributed by atoms with E-state index in [9.17, 15) is 23.5 Å². The van der Waals surface area contributed by atoms with E-state index in [2.05, 4.69) is 18.3 Å². The summed E-state index contributed by atoms with van der Waals surface area (Å²) in [6, 6.07) is 19.3. The van der Waals surface area contributed by atoms with Crippen molar-refractivity contribution in [1.29, 1.82) is 0 Å². The third kappa shape index (κ3) is 5.57. The summed E-state index contributed by atoms with van der Waals surface area (Å²) in [5, 5.41) is 15.0. The van der Waals surface area contributed by atoms with Crippen molar-refractivity contribution in [2.45, 2.75) is 63.8 Å². The minimum atomic E-state index is -1.44. The van der Waals surface area contributed by atoms with Crippen LogP contribution in [0.1, 0.15) is 48.9 Å². The van der Waals surface area contributed by atoms with E-state index in [1.807, 2.05) is 24.3 Å². The molecule has 0 radical (unpaired) electrons. The fraction of sp³-hybridized carbons (Fsp3) is 0.375. The summed E-state index contributed by atoms with van der Waals surface area (Å²) in [6.07, 6.45) is 0.532. The molecule has 0 aromatic heterocycles. The molecule has 0 bridgehead atoms. The molecular formula is C32H38F2N3O3+. The fourth-order valence-electron chi connectivity index (χ4n) is 6.65. The second kappa shape index (κ2) is 12.4. The summed E-state index contributed by atoms with van der Waals surface area (Å²) in [5.41, 5.74) is 7.80. The minimum Gasteiger partial charge on any atom is -0.386 e. The molecule has 1 aliphatic heterocycles. The average Bonchev–Trinajstić information content (AvgIpc) is 3.34. The lowest BCUT2D eigenvalue weighted by Gasteiger charge is -2.50. The van der Waals surface area contributed by atoms with Gasteiger partial charge < -0.3 is 16.2 Å². The Hall–Kier alpha value is -3.46. The fourth-order valence-corrected chi connectivity index (χ4v) is 6.65. The maximum atomic E-state index is 14.2. The maximum Gasteiger partial charge on any atom is 0.312 e. The maximum absolute atomic E-state index is 14.2. The van der Waals surface area contributed by atoms with E-state index >= 15 is 0 Å². The Labute approximate surface area is 234 Å². The van der Waals surface area contributed by atoms with E-state index in [1.54, 1.807) is 24.3 Å². The molecule has 1 fully saturated rings. The number of likely N-dealkylation sites (tertiary alicyclic amines) is 1. The van der Waals surface area contributed by atoms with E-state index in [1.165, 1.54) is 24.6 Å². The van der Waals surface area contributed by atoms with Crippen molar-refractivity contribution in [3.05, 3.63) is 107 Å². The second-order valence-corrected chi connectivity index (χ2v) is 10.7. The van der Waals surface area contributed by atoms with Gasteiger partial charge in [-0.3, -0.25) is 4.79 Å². The Morgan fingerprint density at radius 1 is 1.00 bits per heavy atom. The Morgan fingerprint density at radius 3 is 2.30 bits per heavy atom. The molecular weight excluding hydrogens is 512 g/mol. The number of carbonyl (C=O) groups is 2. The van der Waals surface area contributed by atoms with Gasteiger partial charge in [-0.2, -0.15) is 0 Å². The number of rotatable bonds is 11. The minimum absolute atomic E-state index is 0.0374. The number of amides is 2. The van der Waals surface area contributed by atoms with Crippen molar-refractivity contribution in [1.82, 2.24) is 5.32 Å². The molecule has 1 unspecified atom stereocenters. The molecule has 40 heavy (non-hydrogen) atoms. The van der Waals surface area contributed by atoms with Gasteiger partial charge in [-0.1, -0.05) is 61.5 Å². The van der Waals surface area contributed by atoms with Gasteiger partial charge in [0, 0.05) is 44.0 Å². The van der Waals surface area contributed by atoms with Gasteiger partial charge in [0.15, 0.2) is 0 Å². The van der Waals surface area contributed by atoms with Crippen molar-refractivity contribution in [3.63, 3.8) is 0 Å². The quantitative estimate of drug-likeness (QED) is 0.313. The number of halogens is 2. The normalized spacial score (nSPS) is 22.1. The van der Waals surface area contributed by atoms with Crippen molar-refractivity contribution in [2.24, 2.45) is 5.73 Å². The Bertz CT molecular complexity index is 1330. The van der Waals surface area contributed by atoms with Gasteiger partial charge in [0.2, 0.25) is 5.54 Å². The summed E-state index contributed by atoms with van der Waals surface area (Å²) >= 11 is 0. The highest BCUT2D eigenvalue weighted by Crippen LogP contribution is 2.49. The van der Waals surface area contributed by atoms with E-state index in [0.29, 0.717) is 24.9 Å². The molecule has 4 N–H and O–H groups in total. The largest absolute Gasteiger partial charge is 0.386 e. The number of aryl methyl sites for hydroxylation is 1. The Kier molecular flexibility index (Phi) is 9.13. The van der Waals surface area contributed by atoms with E-state index in [0.717, 1.165) is 18.1 Å². The van der Waals surface area contributed by atoms with Gasteiger partial charge in [0.05, 0.1) is 13.5 Å². The monoisotopic (exact) mass is 550 g/mol. The molecule has 2 amide bonds. The number of primary amides is 1. The third-order valence-corrected chi connectivity index (χ3v) is 8.41. The first kappa shape index (κ1) is 29.5. The number of aliphatic hydroxyl groups excluding tert-OH is 1. The predicted octanol–water partition coefficient (Wildman–Crippen LogP) is 4.13. The number of aliphatic hydroxyl groups is 1. The van der Waals surface area contributed by atoms with Crippen LogP contribution in [0.15, 0.2) is 72.8 Å². The number of carbonyl (C=O) groups excluding carboxylic acids is 2. The van der Waals surface area contributed by atoms with Gasteiger partial charge >= 0.3 is 5.91 Å². The SMILES string of the molecule is CCc1cccc(CNC[C@@H](O)[C@H](Cc2cc(F)cc(F)c2)[N+]2(C(C)=O)CCC[C@]2(C(N)=O)c2ccccc2)c1. The average molecular weight is 551 g/mol. The molecule has 0 saturated carbocycles. The molecule has 1 saturated heterocycles. The first-order valence-electron chi connectivity index (χ1n) is 13.8. The molecule has 1 heterocycles. The van der Waals surface area contributed by atoms with Crippen LogP contribution in [-0.4, -0.2) is 46.6 Å². The van der Waals surface area contributed by atoms with Gasteiger partial charge in [-0.05, 0) is 35.2 Å². The zero-order valence-corrected chi connectivity index (χ0v) is 23.1. The third-order valence-electron chi connectivity index (χ3n) is 8.41. The molecule has 6 nitrogen and oxygen atoms in total. The molecule has 8 heteroatoms. The van der Waals surface area contributed by atoms with E-state index < -0.39 is 39.7 Å². The van der Waals surface area contributed by atoms with Gasteiger partial charge in [-0.25, -0.2) is 18.1 Å². The standard InChI is InChI=1S/C32H37F2N3O3/c1-3-23-9-7-10-24(15-23)20-36-21-30(39)29(18-25-16-27(33)19-28(34)17-25)37(22(2)38)14-8-13-32(37,31(35)40)26-11-5-4-6-12-26/h4-7,9-12,15-17,19,29-30,36,39H,3,8,13-14,18,20-21H2,1-2H3,(H-,35,40)/p+1/t29-,30+,32+,37?/m0/s1. The molecule has 4 atom stereocenters. The van der Waals surface area contributed by atoms with Crippen LogP contribution in [0.4, 0.5) is 8.78 Å². The number of nitrogens with two attached hydrogens (primary N) is 1. The number of quaternary nitrogens is 1. The molecule has 1 aliphatic rings. The van der Waals surface area contributed by atoms with Crippen molar-refractivity contribution in [2.75, 3.05) is 13.1 Å². The zero-order chi connectivity index (χ0) is 28.9. The lowest BCUT2D eigenvalue weighted by Crippen LogP contribution is -2.73. The molecule has 3 aromatic rings. The lowest BCUT2D eigenvalue weighted by atomic mass is 9.81. The number of benzene rings is 3. The highest BCUT2D eigenvalue weighted by molar-refractivity contribution is 5.87. The van der Waals surface area contributed by atoms with Crippen LogP contribution in [-0.2, 0) is 34.5 Å². The van der Waals surface area contributed by atoms with Gasteiger partial charge in [0.25, 0.3) is 5.91 Å². The highest BCUT2D eigenvalue weighted by atomic mass is 19.1. The Balaban J connectivity index is 1.77. The summed E-state index contributed by atoms with van der Waals surface area (Å²) in [5.74, 6) is -2.51. The summed E-state index contributed by atoms with van der Waals surface area (Å²) in [7, 11) is 0. The number of nitrogens with one attached hydrogen (secondary N) is 1. The van der Waals surface area contributed by atoms with Crippen LogP contribution >= 0.6 is 0 Å². The van der Waals surface area contributed by atoms with Crippen LogP contribution in [0.25, 0.3) is 0 Å². The van der Waals surface area contributed by atoms with E-state index in [-0.39, 0.29) is 31.0 Å². The van der Waals surface area contributed by atoms with Crippen LogP contribution in [0.2, 0.25) is 0 Å². The van der Waals surface area contributed by atoms with Crippen LogP contribution in [0, 0.1) is 11.6 Å². The summed E-state index contributed by atoms with van der Waals surface area (Å²) < 4.78 is 28.1. The van der Waals surface area contributed by atoms with Crippen LogP contribution in [0.3, 0.4) is 0 Å². The summed E-state index contributed by atoms with van der Waals surface area (Å²) in [6.45, 7) is 4.31. The van der Waals surface area contributed by atoms with Crippen LogP contribution < -0.4 is 11.1 Å². The number of nitrogens with zero attached hydrogens (tertiary/aromatic N) is 1. The first-order valence-corrected chi connectivity index (χ1v) is 13.8. The first-order chi connectivity index (χ1) is 19.1. The van der Waals surface area contributed by atoms with Crippen molar-refractivity contribution >= 4 is 11.8 Å². The number of hydrogen-bond donors (Lipinski definition) is 3. The van der Waals surface area contributed by atoms with Crippen molar-refractivity contribution < 1.29 is 28.0 Å². The highest BCUT2D eigenvalue weighted by Gasteiger charge is 2.67. The zero-order valence-electron chi connectivity index (χ0n) is 23.1. The predicted molar refractivity (Wildman–Crippen MR) is 150 cm³/mol. The van der Waals surface area contributed by atoms with E-state index in [4.69, 9.17) is 5.73 Å². The molecule has 4 rings (SSSR count). The lowest BCUT2D eigenvalue weighted by molar-refractivity contribution is -0.916. The smallest absolute Gasteiger partial charge is 0.312 e. The molecule has 212 valence electrons. The topological polar surface area (TPSA) is 92.4 Å². The summed E-state index contributed by atoms with van der Waals surface area (Å²) in [4.78, 5) is 27.2. The molecule has 3 aromatic carbocycles. The van der Waals surface area contributed by atoms with Gasteiger partial charge in [0.1, 0.15) is 23.8 Å². The number of hydrogen-bond acceptors (Lipinski definition) is 4. The van der Waals surface area contributed by atoms with Gasteiger partial charge in [-0.15, -0.1) is 0 Å². The molecule has 0 aliphatic carbocycles. The van der Waals surface area contributed by atoms with Crippen LogP contribution in [0.5, 0.6) is 0 Å². The second-order valence-electron chi connectivity index (χ2n) is 10.7.